The molecule has 0 unspecified atom stereocenters. The van der Waals surface area contributed by atoms with Gasteiger partial charge in [-0.15, -0.1) is 0 Å². The molecule has 15 heavy (non-hydrogen) atoms. The van der Waals surface area contributed by atoms with Crippen LogP contribution in [0.15, 0.2) is 12.1 Å². The van der Waals surface area contributed by atoms with Gasteiger partial charge in [-0.1, -0.05) is 0 Å². The van der Waals surface area contributed by atoms with E-state index in [1.807, 2.05) is 0 Å². The van der Waals surface area contributed by atoms with Crippen LogP contribution in [0.25, 0.3) is 0 Å². The maximum absolute atomic E-state index is 11.8. The van der Waals surface area contributed by atoms with Gasteiger partial charge in [-0.2, -0.15) is 4.98 Å². The molecule has 0 aromatic carbocycles. The monoisotopic (exact) mass is 219 g/mol. The largest absolute Gasteiger partial charge is 0.471 e. The quantitative estimate of drug-likeness (QED) is 0.607. The summed E-state index contributed by atoms with van der Waals surface area (Å²) in [5.41, 5.74) is 4.87. The molecule has 0 atom stereocenters. The van der Waals surface area contributed by atoms with Crippen LogP contribution < -0.4 is 10.5 Å². The maximum Gasteiger partial charge on any atom is 0.278 e. The Labute approximate surface area is 82.8 Å². The molecule has 1 rings (SSSR count). The highest BCUT2D eigenvalue weighted by Crippen LogP contribution is 2.20. The molecule has 0 aliphatic heterocycles. The molecule has 0 aliphatic carbocycles. The summed E-state index contributed by atoms with van der Waals surface area (Å²) in [6.07, 6.45) is -2.67. The fraction of sp³-hybridized carbons (Fsp3) is 0.286. The van der Waals surface area contributed by atoms with Gasteiger partial charge >= 0.3 is 0 Å². The first-order valence-electron chi connectivity index (χ1n) is 3.82. The van der Waals surface area contributed by atoms with E-state index in [1.165, 1.54) is 0 Å². The van der Waals surface area contributed by atoms with Crippen molar-refractivity contribution in [3.8, 4) is 5.88 Å². The van der Waals surface area contributed by atoms with Gasteiger partial charge in [0.05, 0.1) is 17.1 Å². The number of alkyl halides is 2. The van der Waals surface area contributed by atoms with Gasteiger partial charge in [-0.3, -0.25) is 10.1 Å². The molecule has 1 aromatic rings. The molecule has 8 heteroatoms. The van der Waals surface area contributed by atoms with Crippen molar-refractivity contribution in [2.45, 2.75) is 6.43 Å². The normalized spacial score (nSPS) is 10.3. The summed E-state index contributed by atoms with van der Waals surface area (Å²) in [4.78, 5) is 13.2. The Bertz CT molecular complexity index is 372. The lowest BCUT2D eigenvalue weighted by atomic mass is 10.4. The van der Waals surface area contributed by atoms with Crippen LogP contribution in [0.5, 0.6) is 5.88 Å². The Kier molecular flexibility index (Phi) is 3.32. The van der Waals surface area contributed by atoms with Crippen LogP contribution >= 0.6 is 0 Å². The van der Waals surface area contributed by atoms with Crippen LogP contribution in [-0.2, 0) is 0 Å². The number of pyridine rings is 1. The third-order valence-corrected chi connectivity index (χ3v) is 1.37. The smallest absolute Gasteiger partial charge is 0.278 e. The Hall–Kier alpha value is -1.99. The number of nitrogens with two attached hydrogens (primary N) is 1. The van der Waals surface area contributed by atoms with Crippen molar-refractivity contribution in [2.75, 3.05) is 12.3 Å². The van der Waals surface area contributed by atoms with Crippen LogP contribution in [-0.4, -0.2) is 22.9 Å². The van der Waals surface area contributed by atoms with E-state index in [0.717, 1.165) is 12.1 Å². The number of nitro groups is 1. The lowest BCUT2D eigenvalue weighted by Gasteiger charge is -2.04. The van der Waals surface area contributed by atoms with E-state index in [-0.39, 0.29) is 17.4 Å². The Morgan fingerprint density at radius 3 is 2.80 bits per heavy atom. The fourth-order valence-corrected chi connectivity index (χ4v) is 0.839. The summed E-state index contributed by atoms with van der Waals surface area (Å²) in [5, 5.41) is 10.4. The molecule has 1 heterocycles. The first kappa shape index (κ1) is 11.1. The van der Waals surface area contributed by atoms with Crippen molar-refractivity contribution in [1.82, 2.24) is 4.98 Å². The van der Waals surface area contributed by atoms with Crippen LogP contribution in [0, 0.1) is 10.1 Å². The molecule has 0 amide bonds. The number of halogens is 2. The summed E-state index contributed by atoms with van der Waals surface area (Å²) in [5.74, 6) is -0.449. The second-order valence-corrected chi connectivity index (χ2v) is 2.55. The number of anilines is 1. The van der Waals surface area contributed by atoms with Crippen LogP contribution in [0.1, 0.15) is 0 Å². The summed E-state index contributed by atoms with van der Waals surface area (Å²) < 4.78 is 28.0. The van der Waals surface area contributed by atoms with Crippen molar-refractivity contribution in [3.05, 3.63) is 22.2 Å². The fourth-order valence-electron chi connectivity index (χ4n) is 0.839. The highest BCUT2D eigenvalue weighted by Gasteiger charge is 2.12. The van der Waals surface area contributed by atoms with Gasteiger partial charge in [0.15, 0.2) is 6.61 Å². The predicted octanol–water partition coefficient (Wildman–Crippen LogP) is 1.22. The average molecular weight is 219 g/mol. The second-order valence-electron chi connectivity index (χ2n) is 2.55. The first-order chi connectivity index (χ1) is 6.99. The highest BCUT2D eigenvalue weighted by atomic mass is 19.3. The Morgan fingerprint density at radius 2 is 2.27 bits per heavy atom. The number of hydrogen-bond acceptors (Lipinski definition) is 5. The molecule has 0 fully saturated rings. The summed E-state index contributed by atoms with van der Waals surface area (Å²) in [6.45, 7) is -0.881. The van der Waals surface area contributed by atoms with Gasteiger partial charge < -0.3 is 10.5 Å². The SMILES string of the molecule is Nc1cc([N+](=O)[O-])cc(OCC(F)F)n1. The molecule has 0 saturated heterocycles. The minimum atomic E-state index is -2.67. The third-order valence-electron chi connectivity index (χ3n) is 1.37. The molecule has 0 radical (unpaired) electrons. The summed E-state index contributed by atoms with van der Waals surface area (Å²) >= 11 is 0. The minimum Gasteiger partial charge on any atom is -0.471 e. The van der Waals surface area contributed by atoms with Crippen LogP contribution in [0.3, 0.4) is 0 Å². The summed E-state index contributed by atoms with van der Waals surface area (Å²) in [7, 11) is 0. The van der Waals surface area contributed by atoms with E-state index in [4.69, 9.17) is 5.73 Å². The van der Waals surface area contributed by atoms with Gasteiger partial charge in [-0.05, 0) is 0 Å². The van der Waals surface area contributed by atoms with Crippen molar-refractivity contribution >= 4 is 11.5 Å². The zero-order valence-corrected chi connectivity index (χ0v) is 7.39. The number of ether oxygens (including phenoxy) is 1. The predicted molar refractivity (Wildman–Crippen MR) is 46.8 cm³/mol. The Morgan fingerprint density at radius 1 is 1.60 bits per heavy atom. The number of rotatable bonds is 4. The zero-order valence-electron chi connectivity index (χ0n) is 7.39. The van der Waals surface area contributed by atoms with Crippen LogP contribution in [0.4, 0.5) is 20.3 Å². The second kappa shape index (κ2) is 4.49. The Balaban J connectivity index is 2.84. The number of nitrogen functional groups attached to an aromatic ring is 1. The first-order valence-corrected chi connectivity index (χ1v) is 3.82. The van der Waals surface area contributed by atoms with E-state index in [2.05, 4.69) is 9.72 Å². The maximum atomic E-state index is 11.8. The number of hydrogen-bond donors (Lipinski definition) is 1. The number of nitrogens with zero attached hydrogens (tertiary/aromatic N) is 2. The minimum absolute atomic E-state index is 0.159. The standard InChI is InChI=1S/C7H7F2N3O3/c8-5(9)3-15-7-2-4(12(13)14)1-6(10)11-7/h1-2,5H,3H2,(H2,10,11). The lowest BCUT2D eigenvalue weighted by molar-refractivity contribution is -0.384. The van der Waals surface area contributed by atoms with Gasteiger partial charge in [0.1, 0.15) is 5.82 Å². The van der Waals surface area contributed by atoms with Gasteiger partial charge in [0.2, 0.25) is 5.88 Å². The summed E-state index contributed by atoms with van der Waals surface area (Å²) in [6, 6.07) is 1.94. The van der Waals surface area contributed by atoms with Crippen molar-refractivity contribution < 1.29 is 18.4 Å². The van der Waals surface area contributed by atoms with Crippen LogP contribution in [0.2, 0.25) is 0 Å². The molecule has 0 spiro atoms. The van der Waals surface area contributed by atoms with Crippen molar-refractivity contribution in [1.29, 1.82) is 0 Å². The molecule has 0 bridgehead atoms. The van der Waals surface area contributed by atoms with E-state index in [9.17, 15) is 18.9 Å². The van der Waals surface area contributed by atoms with E-state index < -0.39 is 18.0 Å². The molecule has 0 saturated carbocycles. The van der Waals surface area contributed by atoms with Gasteiger partial charge in [0, 0.05) is 0 Å². The van der Waals surface area contributed by atoms with E-state index in [0.29, 0.717) is 0 Å². The van der Waals surface area contributed by atoms with Crippen molar-refractivity contribution in [3.63, 3.8) is 0 Å². The molecule has 1 aromatic heterocycles. The molecule has 0 aliphatic rings. The van der Waals surface area contributed by atoms with E-state index in [1.54, 1.807) is 0 Å². The third kappa shape index (κ3) is 3.33. The topological polar surface area (TPSA) is 91.3 Å². The van der Waals surface area contributed by atoms with Gasteiger partial charge in [-0.25, -0.2) is 8.78 Å². The highest BCUT2D eigenvalue weighted by molar-refractivity contribution is 5.45. The number of aromatic nitrogens is 1. The molecular weight excluding hydrogens is 212 g/mol. The molecular formula is C7H7F2N3O3. The molecule has 6 nitrogen and oxygen atoms in total. The molecule has 82 valence electrons. The lowest BCUT2D eigenvalue weighted by Crippen LogP contribution is -2.08. The zero-order chi connectivity index (χ0) is 11.4. The van der Waals surface area contributed by atoms with E-state index >= 15 is 0 Å². The molecule has 2 N–H and O–H groups in total. The van der Waals surface area contributed by atoms with Crippen molar-refractivity contribution in [2.24, 2.45) is 0 Å². The average Bonchev–Trinajstić information content (AvgIpc) is 2.13. The van der Waals surface area contributed by atoms with Gasteiger partial charge in [0.25, 0.3) is 12.1 Å².